The van der Waals surface area contributed by atoms with E-state index < -0.39 is 17.7 Å². The van der Waals surface area contributed by atoms with Gasteiger partial charge in [-0.25, -0.2) is 0 Å². The van der Waals surface area contributed by atoms with Crippen molar-refractivity contribution in [2.24, 2.45) is 0 Å². The average Bonchev–Trinajstić information content (AvgIpc) is 3.35. The third-order valence-electron chi connectivity index (χ3n) is 5.10. The fourth-order valence-electron chi connectivity index (χ4n) is 3.66. The SMILES string of the molecule is COc1ccc(/C(O)=C2/C(=O)C(=O)N(c3ccc(Cl)cc3C)C2c2cccs2)cc1Cl. The molecule has 5 nitrogen and oxygen atoms in total. The Bertz CT molecular complexity index is 1220. The lowest BCUT2D eigenvalue weighted by Gasteiger charge is -2.25. The minimum atomic E-state index is -0.777. The van der Waals surface area contributed by atoms with Gasteiger partial charge in [-0.05, 0) is 60.3 Å². The molecule has 2 aromatic carbocycles. The summed E-state index contributed by atoms with van der Waals surface area (Å²) in [7, 11) is 1.48. The lowest BCUT2D eigenvalue weighted by molar-refractivity contribution is -0.132. The Labute approximate surface area is 193 Å². The number of anilines is 1. The van der Waals surface area contributed by atoms with Gasteiger partial charge in [0.2, 0.25) is 0 Å². The highest BCUT2D eigenvalue weighted by atomic mass is 35.5. The van der Waals surface area contributed by atoms with Gasteiger partial charge in [0, 0.05) is 21.2 Å². The number of rotatable bonds is 4. The highest BCUT2D eigenvalue weighted by Gasteiger charge is 2.47. The molecule has 2 heterocycles. The molecule has 1 aromatic heterocycles. The summed E-state index contributed by atoms with van der Waals surface area (Å²) in [6.45, 7) is 1.81. The molecule has 1 fully saturated rings. The van der Waals surface area contributed by atoms with Gasteiger partial charge in [-0.1, -0.05) is 29.3 Å². The second-order valence-corrected chi connectivity index (χ2v) is 8.79. The number of Topliss-reactive ketones (excluding diaryl/α,β-unsaturated/α-hetero) is 1. The molecule has 0 radical (unpaired) electrons. The first kappa shape index (κ1) is 21.4. The monoisotopic (exact) mass is 473 g/mol. The van der Waals surface area contributed by atoms with E-state index in [0.717, 1.165) is 10.4 Å². The molecule has 8 heteroatoms. The molecule has 0 saturated carbocycles. The van der Waals surface area contributed by atoms with Crippen LogP contribution < -0.4 is 9.64 Å². The molecule has 0 bridgehead atoms. The molecule has 1 aliphatic heterocycles. The van der Waals surface area contributed by atoms with Gasteiger partial charge >= 0.3 is 0 Å². The Morgan fingerprint density at radius 1 is 1.13 bits per heavy atom. The number of carbonyl (C=O) groups is 2. The predicted molar refractivity (Wildman–Crippen MR) is 123 cm³/mol. The van der Waals surface area contributed by atoms with Gasteiger partial charge in [0.1, 0.15) is 17.6 Å². The maximum absolute atomic E-state index is 13.1. The number of benzene rings is 2. The minimum absolute atomic E-state index is 0.00281. The molecule has 4 rings (SSSR count). The summed E-state index contributed by atoms with van der Waals surface area (Å²) in [6, 6.07) is 12.7. The Hall–Kier alpha value is -2.80. The number of nitrogens with zero attached hydrogens (tertiary/aromatic N) is 1. The first-order valence-electron chi connectivity index (χ1n) is 9.28. The first-order chi connectivity index (χ1) is 14.8. The van der Waals surface area contributed by atoms with E-state index in [0.29, 0.717) is 22.0 Å². The van der Waals surface area contributed by atoms with Crippen LogP contribution in [0.2, 0.25) is 10.0 Å². The lowest BCUT2D eigenvalue weighted by Crippen LogP contribution is -2.29. The number of aliphatic hydroxyl groups is 1. The Morgan fingerprint density at radius 2 is 1.90 bits per heavy atom. The second-order valence-electron chi connectivity index (χ2n) is 6.96. The molecule has 3 aromatic rings. The van der Waals surface area contributed by atoms with Crippen molar-refractivity contribution in [2.45, 2.75) is 13.0 Å². The van der Waals surface area contributed by atoms with Gasteiger partial charge in [-0.3, -0.25) is 14.5 Å². The summed E-state index contributed by atoms with van der Waals surface area (Å²) in [5, 5.41) is 13.8. The van der Waals surface area contributed by atoms with Crippen LogP contribution in [-0.4, -0.2) is 23.9 Å². The summed E-state index contributed by atoms with van der Waals surface area (Å²) in [5.74, 6) is -1.34. The van der Waals surface area contributed by atoms with Crippen molar-refractivity contribution in [3.05, 3.63) is 85.5 Å². The van der Waals surface area contributed by atoms with Crippen LogP contribution in [0.15, 0.2) is 59.5 Å². The number of ether oxygens (including phenoxy) is 1. The zero-order chi connectivity index (χ0) is 22.3. The van der Waals surface area contributed by atoms with Crippen LogP contribution in [0.5, 0.6) is 5.75 Å². The number of aryl methyl sites for hydroxylation is 1. The molecule has 158 valence electrons. The van der Waals surface area contributed by atoms with Gasteiger partial charge in [0.15, 0.2) is 0 Å². The van der Waals surface area contributed by atoms with Crippen molar-refractivity contribution in [3.8, 4) is 5.75 Å². The molecule has 0 aliphatic carbocycles. The van der Waals surface area contributed by atoms with E-state index in [9.17, 15) is 14.7 Å². The summed E-state index contributed by atoms with van der Waals surface area (Å²) in [6.07, 6.45) is 0. The van der Waals surface area contributed by atoms with E-state index in [1.807, 2.05) is 24.4 Å². The van der Waals surface area contributed by atoms with E-state index in [4.69, 9.17) is 27.9 Å². The maximum Gasteiger partial charge on any atom is 0.300 e. The average molecular weight is 474 g/mol. The Kier molecular flexibility index (Phi) is 5.79. The third kappa shape index (κ3) is 3.71. The molecular formula is C23H17Cl2NO4S. The second kappa shape index (κ2) is 8.38. The molecule has 1 atom stereocenters. The van der Waals surface area contributed by atoms with Crippen molar-refractivity contribution in [3.63, 3.8) is 0 Å². The van der Waals surface area contributed by atoms with E-state index in [-0.39, 0.29) is 16.4 Å². The topological polar surface area (TPSA) is 66.8 Å². The number of hydrogen-bond acceptors (Lipinski definition) is 5. The Balaban J connectivity index is 1.93. The van der Waals surface area contributed by atoms with Crippen molar-refractivity contribution in [2.75, 3.05) is 12.0 Å². The lowest BCUT2D eigenvalue weighted by atomic mass is 9.99. The summed E-state index contributed by atoms with van der Waals surface area (Å²) in [4.78, 5) is 28.4. The van der Waals surface area contributed by atoms with Crippen LogP contribution in [-0.2, 0) is 9.59 Å². The molecule has 1 unspecified atom stereocenters. The minimum Gasteiger partial charge on any atom is -0.507 e. The van der Waals surface area contributed by atoms with Crippen molar-refractivity contribution < 1.29 is 19.4 Å². The fraction of sp³-hybridized carbons (Fsp3) is 0.130. The number of carbonyl (C=O) groups excluding carboxylic acids is 2. The van der Waals surface area contributed by atoms with E-state index >= 15 is 0 Å². The van der Waals surface area contributed by atoms with Crippen molar-refractivity contribution in [1.29, 1.82) is 0 Å². The summed E-state index contributed by atoms with van der Waals surface area (Å²) >= 11 is 13.7. The predicted octanol–water partition coefficient (Wildman–Crippen LogP) is 6.00. The summed E-state index contributed by atoms with van der Waals surface area (Å²) < 4.78 is 5.15. The number of hydrogen-bond donors (Lipinski definition) is 1. The maximum atomic E-state index is 13.1. The van der Waals surface area contributed by atoms with Gasteiger partial charge in [0.05, 0.1) is 17.7 Å². The molecule has 31 heavy (non-hydrogen) atoms. The number of methoxy groups -OCH3 is 1. The van der Waals surface area contributed by atoms with Crippen LogP contribution in [0.3, 0.4) is 0 Å². The van der Waals surface area contributed by atoms with Gasteiger partial charge in [0.25, 0.3) is 11.7 Å². The normalized spacial score (nSPS) is 17.9. The van der Waals surface area contributed by atoms with Crippen molar-refractivity contribution in [1.82, 2.24) is 0 Å². The van der Waals surface area contributed by atoms with Gasteiger partial charge < -0.3 is 9.84 Å². The zero-order valence-electron chi connectivity index (χ0n) is 16.6. The van der Waals surface area contributed by atoms with Gasteiger partial charge in [-0.2, -0.15) is 0 Å². The number of thiophene rings is 1. The third-order valence-corrected chi connectivity index (χ3v) is 6.56. The van der Waals surface area contributed by atoms with Crippen LogP contribution >= 0.6 is 34.5 Å². The molecular weight excluding hydrogens is 457 g/mol. The molecule has 0 spiro atoms. The molecule has 1 saturated heterocycles. The first-order valence-corrected chi connectivity index (χ1v) is 10.9. The van der Waals surface area contributed by atoms with E-state index in [1.54, 1.807) is 30.3 Å². The number of amides is 1. The van der Waals surface area contributed by atoms with Crippen LogP contribution in [0.25, 0.3) is 5.76 Å². The number of aliphatic hydroxyl groups excluding tert-OH is 1. The highest BCUT2D eigenvalue weighted by Crippen LogP contribution is 2.45. The smallest absolute Gasteiger partial charge is 0.300 e. The molecule has 1 aliphatic rings. The van der Waals surface area contributed by atoms with E-state index in [1.165, 1.54) is 29.4 Å². The highest BCUT2D eigenvalue weighted by molar-refractivity contribution is 7.10. The standard InChI is InChI=1S/C23H17Cl2NO4S/c1-12-10-14(24)6-7-16(12)26-20(18-4-3-9-31-18)19(22(28)23(26)29)21(27)13-5-8-17(30-2)15(25)11-13/h3-11,20,27H,1-2H3/b21-19-. The fourth-order valence-corrected chi connectivity index (χ4v) is 4.96. The quantitative estimate of drug-likeness (QED) is 0.286. The van der Waals surface area contributed by atoms with Crippen LogP contribution in [0, 0.1) is 6.92 Å². The summed E-state index contributed by atoms with van der Waals surface area (Å²) in [5.41, 5.74) is 1.61. The van der Waals surface area contributed by atoms with Crippen LogP contribution in [0.1, 0.15) is 22.0 Å². The van der Waals surface area contributed by atoms with Gasteiger partial charge in [-0.15, -0.1) is 11.3 Å². The number of ketones is 1. The molecule has 1 amide bonds. The largest absolute Gasteiger partial charge is 0.507 e. The van der Waals surface area contributed by atoms with E-state index in [2.05, 4.69) is 0 Å². The Morgan fingerprint density at radius 3 is 2.52 bits per heavy atom. The molecule has 1 N–H and O–H groups in total. The van der Waals surface area contributed by atoms with Crippen molar-refractivity contribution >= 4 is 57.7 Å². The number of halogens is 2. The van der Waals surface area contributed by atoms with Crippen LogP contribution in [0.4, 0.5) is 5.69 Å². The zero-order valence-corrected chi connectivity index (χ0v) is 18.9.